The summed E-state index contributed by atoms with van der Waals surface area (Å²) in [5, 5.41) is 3.89. The molecule has 0 radical (unpaired) electrons. The third-order valence-corrected chi connectivity index (χ3v) is 3.30. The minimum absolute atomic E-state index is 0.269. The topological polar surface area (TPSA) is 24.4 Å². The number of fused-ring (bicyclic) bond motifs is 1. The summed E-state index contributed by atoms with van der Waals surface area (Å²) in [6, 6.07) is 12.2. The zero-order valence-electron chi connectivity index (χ0n) is 10.2. The van der Waals surface area contributed by atoms with Gasteiger partial charge in [0.15, 0.2) is 0 Å². The van der Waals surface area contributed by atoms with Gasteiger partial charge in [-0.2, -0.15) is 0 Å². The number of nitrogens with zero attached hydrogens (tertiary/aromatic N) is 1. The molecule has 0 saturated heterocycles. The Bertz CT molecular complexity index is 652. The van der Waals surface area contributed by atoms with Crippen molar-refractivity contribution in [1.82, 2.24) is 0 Å². The fourth-order valence-electron chi connectivity index (χ4n) is 2.19. The molecular weight excluding hydrogens is 263 g/mol. The lowest BCUT2D eigenvalue weighted by Gasteiger charge is -2.11. The second kappa shape index (κ2) is 5.02. The number of aliphatic imine (C=N–C) groups is 1. The van der Waals surface area contributed by atoms with Crippen LogP contribution in [0.5, 0.6) is 0 Å². The van der Waals surface area contributed by atoms with Crippen LogP contribution in [0.25, 0.3) is 0 Å². The average Bonchev–Trinajstić information content (AvgIpc) is 2.61. The molecule has 0 saturated carbocycles. The molecule has 1 aliphatic rings. The van der Waals surface area contributed by atoms with Crippen molar-refractivity contribution >= 4 is 23.0 Å². The minimum atomic E-state index is -0.269. The van der Waals surface area contributed by atoms with E-state index in [9.17, 15) is 4.39 Å². The van der Waals surface area contributed by atoms with E-state index >= 15 is 0 Å². The van der Waals surface area contributed by atoms with E-state index in [0.29, 0.717) is 22.8 Å². The molecule has 1 heterocycles. The molecule has 96 valence electrons. The van der Waals surface area contributed by atoms with Crippen molar-refractivity contribution in [3.8, 4) is 0 Å². The molecule has 2 nitrogen and oxygen atoms in total. The summed E-state index contributed by atoms with van der Waals surface area (Å²) in [5.41, 5.74) is 2.94. The van der Waals surface area contributed by atoms with Crippen molar-refractivity contribution in [3.05, 3.63) is 64.4 Å². The van der Waals surface area contributed by atoms with Crippen LogP contribution in [0, 0.1) is 5.82 Å². The van der Waals surface area contributed by atoms with Gasteiger partial charge in [-0.15, -0.1) is 0 Å². The van der Waals surface area contributed by atoms with Gasteiger partial charge in [0.2, 0.25) is 0 Å². The van der Waals surface area contributed by atoms with Crippen LogP contribution >= 0.6 is 11.6 Å². The number of halogens is 2. The SMILES string of the molecule is Fc1ccccc1C1=NCCNc2ccc(Cl)cc21. The number of hydrogen-bond donors (Lipinski definition) is 1. The number of rotatable bonds is 1. The van der Waals surface area contributed by atoms with E-state index in [2.05, 4.69) is 10.3 Å². The molecule has 0 atom stereocenters. The summed E-state index contributed by atoms with van der Waals surface area (Å²) in [6.45, 7) is 1.34. The smallest absolute Gasteiger partial charge is 0.132 e. The zero-order chi connectivity index (χ0) is 13.2. The predicted molar refractivity (Wildman–Crippen MR) is 76.8 cm³/mol. The summed E-state index contributed by atoms with van der Waals surface area (Å²) < 4.78 is 14.0. The molecule has 0 aromatic heterocycles. The van der Waals surface area contributed by atoms with E-state index in [4.69, 9.17) is 11.6 Å². The molecule has 1 N–H and O–H groups in total. The summed E-state index contributed by atoms with van der Waals surface area (Å²) in [6.07, 6.45) is 0. The summed E-state index contributed by atoms with van der Waals surface area (Å²) in [7, 11) is 0. The molecule has 0 aliphatic carbocycles. The standard InChI is InChI=1S/C15H12ClFN2/c16-10-5-6-14-12(9-10)15(19-8-7-18-14)11-3-1-2-4-13(11)17/h1-6,9,18H,7-8H2. The first-order valence-electron chi connectivity index (χ1n) is 6.09. The number of anilines is 1. The van der Waals surface area contributed by atoms with Crippen LogP contribution in [0.3, 0.4) is 0 Å². The Balaban J connectivity index is 2.20. The van der Waals surface area contributed by atoms with E-state index in [1.54, 1.807) is 12.1 Å². The van der Waals surface area contributed by atoms with Crippen molar-refractivity contribution < 1.29 is 4.39 Å². The highest BCUT2D eigenvalue weighted by Gasteiger charge is 2.17. The highest BCUT2D eigenvalue weighted by molar-refractivity contribution is 6.31. The van der Waals surface area contributed by atoms with Crippen LogP contribution in [0.1, 0.15) is 11.1 Å². The van der Waals surface area contributed by atoms with Crippen molar-refractivity contribution in [2.75, 3.05) is 18.4 Å². The molecule has 4 heteroatoms. The first kappa shape index (κ1) is 12.2. The Kier molecular flexibility index (Phi) is 3.22. The lowest BCUT2D eigenvalue weighted by molar-refractivity contribution is 0.625. The Hall–Kier alpha value is -1.87. The van der Waals surface area contributed by atoms with Crippen molar-refractivity contribution in [2.45, 2.75) is 0 Å². The Morgan fingerprint density at radius 2 is 1.95 bits per heavy atom. The largest absolute Gasteiger partial charge is 0.383 e. The van der Waals surface area contributed by atoms with Gasteiger partial charge in [-0.25, -0.2) is 4.39 Å². The second-order valence-corrected chi connectivity index (χ2v) is 4.76. The van der Waals surface area contributed by atoms with Gasteiger partial charge >= 0.3 is 0 Å². The maximum atomic E-state index is 14.0. The van der Waals surface area contributed by atoms with Crippen LogP contribution < -0.4 is 5.32 Å². The summed E-state index contributed by atoms with van der Waals surface area (Å²) >= 11 is 6.05. The van der Waals surface area contributed by atoms with Crippen molar-refractivity contribution in [2.24, 2.45) is 4.99 Å². The van der Waals surface area contributed by atoms with E-state index in [1.807, 2.05) is 24.3 Å². The van der Waals surface area contributed by atoms with Crippen molar-refractivity contribution in [1.29, 1.82) is 0 Å². The highest BCUT2D eigenvalue weighted by Crippen LogP contribution is 2.26. The molecule has 3 rings (SSSR count). The summed E-state index contributed by atoms with van der Waals surface area (Å²) in [4.78, 5) is 4.49. The van der Waals surface area contributed by atoms with Gasteiger partial charge in [0.05, 0.1) is 12.3 Å². The highest BCUT2D eigenvalue weighted by atomic mass is 35.5. The van der Waals surface area contributed by atoms with Gasteiger partial charge in [0, 0.05) is 28.4 Å². The van der Waals surface area contributed by atoms with Gasteiger partial charge in [-0.05, 0) is 30.3 Å². The molecule has 2 aromatic carbocycles. The van der Waals surface area contributed by atoms with Gasteiger partial charge < -0.3 is 5.32 Å². The maximum absolute atomic E-state index is 14.0. The van der Waals surface area contributed by atoms with Crippen molar-refractivity contribution in [3.63, 3.8) is 0 Å². The second-order valence-electron chi connectivity index (χ2n) is 4.33. The third kappa shape index (κ3) is 2.34. The van der Waals surface area contributed by atoms with E-state index in [0.717, 1.165) is 17.8 Å². The normalized spacial score (nSPS) is 14.1. The summed E-state index contributed by atoms with van der Waals surface area (Å²) in [5.74, 6) is -0.269. The quantitative estimate of drug-likeness (QED) is 0.842. The van der Waals surface area contributed by atoms with Crippen LogP contribution in [0.2, 0.25) is 5.02 Å². The Morgan fingerprint density at radius 3 is 2.79 bits per heavy atom. The maximum Gasteiger partial charge on any atom is 0.132 e. The average molecular weight is 275 g/mol. The monoisotopic (exact) mass is 274 g/mol. The van der Waals surface area contributed by atoms with E-state index in [1.165, 1.54) is 6.07 Å². The van der Waals surface area contributed by atoms with Crippen LogP contribution in [0.15, 0.2) is 47.5 Å². The van der Waals surface area contributed by atoms with Crippen LogP contribution in [0.4, 0.5) is 10.1 Å². The van der Waals surface area contributed by atoms with E-state index < -0.39 is 0 Å². The van der Waals surface area contributed by atoms with Gasteiger partial charge in [0.1, 0.15) is 5.82 Å². The molecule has 2 aromatic rings. The number of benzene rings is 2. The zero-order valence-corrected chi connectivity index (χ0v) is 10.9. The number of hydrogen-bond acceptors (Lipinski definition) is 2. The fourth-order valence-corrected chi connectivity index (χ4v) is 2.37. The van der Waals surface area contributed by atoms with Gasteiger partial charge in [-0.3, -0.25) is 4.99 Å². The third-order valence-electron chi connectivity index (χ3n) is 3.06. The lowest BCUT2D eigenvalue weighted by Crippen LogP contribution is -2.07. The predicted octanol–water partition coefficient (Wildman–Crippen LogP) is 3.74. The van der Waals surface area contributed by atoms with Crippen LogP contribution in [-0.4, -0.2) is 18.8 Å². The molecule has 0 fully saturated rings. The molecular formula is C15H12ClFN2. The molecule has 0 bridgehead atoms. The minimum Gasteiger partial charge on any atom is -0.383 e. The molecule has 0 unspecified atom stereocenters. The number of nitrogens with one attached hydrogen (secondary N) is 1. The lowest BCUT2D eigenvalue weighted by atomic mass is 10.0. The Labute approximate surface area is 115 Å². The van der Waals surface area contributed by atoms with E-state index in [-0.39, 0.29) is 5.82 Å². The van der Waals surface area contributed by atoms with Gasteiger partial charge in [-0.1, -0.05) is 23.7 Å². The molecule has 19 heavy (non-hydrogen) atoms. The molecule has 1 aliphatic heterocycles. The first-order valence-corrected chi connectivity index (χ1v) is 6.46. The Morgan fingerprint density at radius 1 is 1.11 bits per heavy atom. The van der Waals surface area contributed by atoms with Crippen LogP contribution in [-0.2, 0) is 0 Å². The molecule has 0 spiro atoms. The molecule has 0 amide bonds. The first-order chi connectivity index (χ1) is 9.25. The number of benzodiazepines with no additional fused rings is 1. The van der Waals surface area contributed by atoms with Gasteiger partial charge in [0.25, 0.3) is 0 Å². The fraction of sp³-hybridized carbons (Fsp3) is 0.133.